The molecule has 0 radical (unpaired) electrons. The Balaban J connectivity index is 1.74. The molecule has 0 spiro atoms. The number of amides is 1. The van der Waals surface area contributed by atoms with Crippen molar-refractivity contribution < 1.29 is 19.4 Å². The summed E-state index contributed by atoms with van der Waals surface area (Å²) >= 11 is 1.23. The number of aromatic nitrogens is 1. The van der Waals surface area contributed by atoms with Crippen LogP contribution in [0.25, 0.3) is 10.4 Å². The summed E-state index contributed by atoms with van der Waals surface area (Å²) in [6, 6.07) is 15.3. The van der Waals surface area contributed by atoms with Gasteiger partial charge in [-0.25, -0.2) is 4.79 Å². The number of ether oxygens (including phenoxy) is 1. The van der Waals surface area contributed by atoms with Crippen molar-refractivity contribution in [2.75, 3.05) is 4.90 Å². The highest BCUT2D eigenvalue weighted by molar-refractivity contribution is 7.18. The number of nitrogens with zero attached hydrogens (tertiary/aromatic N) is 2. The van der Waals surface area contributed by atoms with Crippen molar-refractivity contribution in [2.24, 2.45) is 11.8 Å². The molecule has 1 saturated carbocycles. The van der Waals surface area contributed by atoms with Crippen LogP contribution in [-0.4, -0.2) is 22.2 Å². The Bertz CT molecular complexity index is 1060. The Morgan fingerprint density at radius 1 is 1.12 bits per heavy atom. The third kappa shape index (κ3) is 5.16. The van der Waals surface area contributed by atoms with Crippen LogP contribution in [0.3, 0.4) is 0 Å². The van der Waals surface area contributed by atoms with Crippen LogP contribution < -0.4 is 9.64 Å². The molecule has 1 fully saturated rings. The van der Waals surface area contributed by atoms with Gasteiger partial charge in [-0.1, -0.05) is 54.7 Å². The molecule has 32 heavy (non-hydrogen) atoms. The molecule has 0 aliphatic heterocycles. The maximum absolute atomic E-state index is 13.7. The minimum atomic E-state index is -1.40. The van der Waals surface area contributed by atoms with E-state index < -0.39 is 6.16 Å². The van der Waals surface area contributed by atoms with Crippen molar-refractivity contribution in [3.05, 3.63) is 66.5 Å². The molecule has 1 aromatic carbocycles. The topological polar surface area (TPSA) is 79.7 Å². The van der Waals surface area contributed by atoms with E-state index in [4.69, 9.17) is 4.74 Å². The standard InChI is InChI=1S/C25H26N2O4S/c1-17-9-11-20(12-10-17)23(28)27(16-18-6-5-13-26-15-18)21-14-22(19-7-3-2-4-8-19)32-24(21)31-25(29)30/h2-8,13-15,17,20H,9-12,16H2,1H3,(H,29,30). The van der Waals surface area contributed by atoms with Crippen molar-refractivity contribution in [1.29, 1.82) is 0 Å². The van der Waals surface area contributed by atoms with Gasteiger partial charge in [-0.05, 0) is 54.9 Å². The number of anilines is 1. The van der Waals surface area contributed by atoms with Gasteiger partial charge in [0.15, 0.2) is 0 Å². The first-order chi connectivity index (χ1) is 15.5. The van der Waals surface area contributed by atoms with E-state index in [9.17, 15) is 14.7 Å². The molecule has 3 aromatic rings. The molecular formula is C25H26N2O4S. The lowest BCUT2D eigenvalue weighted by molar-refractivity contribution is -0.123. The summed E-state index contributed by atoms with van der Waals surface area (Å²) in [4.78, 5) is 31.8. The summed E-state index contributed by atoms with van der Waals surface area (Å²) in [5.41, 5.74) is 2.31. The molecule has 0 saturated heterocycles. The maximum atomic E-state index is 13.7. The van der Waals surface area contributed by atoms with Crippen molar-refractivity contribution in [3.8, 4) is 15.5 Å². The lowest BCUT2D eigenvalue weighted by Crippen LogP contribution is -2.37. The molecule has 1 N–H and O–H groups in total. The maximum Gasteiger partial charge on any atom is 0.512 e. The van der Waals surface area contributed by atoms with Gasteiger partial charge in [0.05, 0.1) is 12.2 Å². The molecule has 2 heterocycles. The zero-order chi connectivity index (χ0) is 22.5. The Hall–Kier alpha value is -3.19. The van der Waals surface area contributed by atoms with Crippen LogP contribution in [0.5, 0.6) is 5.06 Å². The first kappa shape index (κ1) is 22.0. The van der Waals surface area contributed by atoms with Gasteiger partial charge in [0.2, 0.25) is 11.0 Å². The number of carbonyl (C=O) groups is 2. The van der Waals surface area contributed by atoms with E-state index in [0.29, 0.717) is 18.2 Å². The van der Waals surface area contributed by atoms with Gasteiger partial charge < -0.3 is 14.7 Å². The predicted molar refractivity (Wildman–Crippen MR) is 125 cm³/mol. The van der Waals surface area contributed by atoms with Gasteiger partial charge in [0.25, 0.3) is 0 Å². The lowest BCUT2D eigenvalue weighted by atomic mass is 9.82. The van der Waals surface area contributed by atoms with Crippen LogP contribution in [0.1, 0.15) is 38.2 Å². The summed E-state index contributed by atoms with van der Waals surface area (Å²) in [6.45, 7) is 2.53. The molecule has 2 aromatic heterocycles. The largest absolute Gasteiger partial charge is 0.512 e. The van der Waals surface area contributed by atoms with E-state index in [2.05, 4.69) is 11.9 Å². The first-order valence-corrected chi connectivity index (χ1v) is 11.6. The van der Waals surface area contributed by atoms with Gasteiger partial charge in [-0.3, -0.25) is 9.78 Å². The van der Waals surface area contributed by atoms with E-state index in [1.165, 1.54) is 11.3 Å². The van der Waals surface area contributed by atoms with Crippen LogP contribution in [0, 0.1) is 11.8 Å². The Morgan fingerprint density at radius 3 is 2.53 bits per heavy atom. The number of thiophene rings is 1. The average molecular weight is 451 g/mol. The van der Waals surface area contributed by atoms with Gasteiger partial charge in [0, 0.05) is 23.2 Å². The number of pyridine rings is 1. The van der Waals surface area contributed by atoms with E-state index >= 15 is 0 Å². The van der Waals surface area contributed by atoms with Crippen LogP contribution >= 0.6 is 11.3 Å². The molecule has 7 heteroatoms. The molecular weight excluding hydrogens is 424 g/mol. The smallest absolute Gasteiger partial charge is 0.449 e. The van der Waals surface area contributed by atoms with Gasteiger partial charge >= 0.3 is 6.16 Å². The number of rotatable bonds is 6. The second-order valence-electron chi connectivity index (χ2n) is 8.26. The summed E-state index contributed by atoms with van der Waals surface area (Å²) in [5, 5.41) is 9.54. The third-order valence-electron chi connectivity index (χ3n) is 5.90. The molecule has 1 aliphatic carbocycles. The normalized spacial score (nSPS) is 18.2. The van der Waals surface area contributed by atoms with E-state index in [-0.39, 0.29) is 16.9 Å². The molecule has 1 amide bonds. The van der Waals surface area contributed by atoms with E-state index in [1.807, 2.05) is 48.5 Å². The highest BCUT2D eigenvalue weighted by Gasteiger charge is 2.32. The Morgan fingerprint density at radius 2 is 1.88 bits per heavy atom. The quantitative estimate of drug-likeness (QED) is 0.451. The fraction of sp³-hybridized carbons (Fsp3) is 0.320. The number of benzene rings is 1. The minimum Gasteiger partial charge on any atom is -0.449 e. The van der Waals surface area contributed by atoms with Crippen molar-refractivity contribution in [1.82, 2.24) is 4.98 Å². The Labute approximate surface area is 191 Å². The SMILES string of the molecule is CC1CCC(C(=O)N(Cc2cccnc2)c2cc(-c3ccccc3)sc2OC(=O)O)CC1. The number of hydrogen-bond donors (Lipinski definition) is 1. The van der Waals surface area contributed by atoms with Crippen LogP contribution in [-0.2, 0) is 11.3 Å². The molecule has 4 rings (SSSR count). The molecule has 0 bridgehead atoms. The molecule has 0 atom stereocenters. The van der Waals surface area contributed by atoms with Crippen molar-refractivity contribution in [2.45, 2.75) is 39.2 Å². The van der Waals surface area contributed by atoms with Crippen molar-refractivity contribution in [3.63, 3.8) is 0 Å². The number of carbonyl (C=O) groups excluding carboxylic acids is 1. The molecule has 166 valence electrons. The van der Waals surface area contributed by atoms with Gasteiger partial charge in [0.1, 0.15) is 0 Å². The molecule has 1 aliphatic rings. The summed E-state index contributed by atoms with van der Waals surface area (Å²) in [6.07, 6.45) is 5.75. The third-order valence-corrected chi connectivity index (χ3v) is 6.95. The van der Waals surface area contributed by atoms with Gasteiger partial charge in [-0.2, -0.15) is 0 Å². The van der Waals surface area contributed by atoms with Crippen molar-refractivity contribution >= 4 is 29.1 Å². The number of hydrogen-bond acceptors (Lipinski definition) is 5. The molecule has 6 nitrogen and oxygen atoms in total. The fourth-order valence-corrected chi connectivity index (χ4v) is 5.14. The van der Waals surface area contributed by atoms with Crippen LogP contribution in [0.4, 0.5) is 10.5 Å². The van der Waals surface area contributed by atoms with E-state index in [1.54, 1.807) is 17.3 Å². The molecule has 0 unspecified atom stereocenters. The highest BCUT2D eigenvalue weighted by Crippen LogP contribution is 2.44. The van der Waals surface area contributed by atoms with Crippen LogP contribution in [0.2, 0.25) is 0 Å². The first-order valence-electron chi connectivity index (χ1n) is 10.8. The Kier molecular flexibility index (Phi) is 6.85. The minimum absolute atomic E-state index is 0.00778. The van der Waals surface area contributed by atoms with Crippen LogP contribution in [0.15, 0.2) is 60.9 Å². The van der Waals surface area contributed by atoms with Gasteiger partial charge in [-0.15, -0.1) is 0 Å². The summed E-state index contributed by atoms with van der Waals surface area (Å²) in [5.74, 6) is 0.552. The average Bonchev–Trinajstić information content (AvgIpc) is 3.21. The summed E-state index contributed by atoms with van der Waals surface area (Å²) in [7, 11) is 0. The zero-order valence-electron chi connectivity index (χ0n) is 17.9. The second kappa shape index (κ2) is 9.96. The lowest BCUT2D eigenvalue weighted by Gasteiger charge is -2.31. The second-order valence-corrected chi connectivity index (χ2v) is 9.27. The monoisotopic (exact) mass is 450 g/mol. The highest BCUT2D eigenvalue weighted by atomic mass is 32.1. The number of carboxylic acid groups (broad SMARTS) is 1. The summed E-state index contributed by atoms with van der Waals surface area (Å²) < 4.78 is 5.15. The van der Waals surface area contributed by atoms with E-state index in [0.717, 1.165) is 41.7 Å². The predicted octanol–water partition coefficient (Wildman–Crippen LogP) is 6.23. The zero-order valence-corrected chi connectivity index (χ0v) is 18.8. The fourth-order valence-electron chi connectivity index (χ4n) is 4.13.